The number of phenolic OH excluding ortho intramolecular Hbond substituents is 2. The molecule has 0 heterocycles. The second-order valence-corrected chi connectivity index (χ2v) is 5.20. The van der Waals surface area contributed by atoms with Gasteiger partial charge in [0.15, 0.2) is 11.5 Å². The largest absolute Gasteiger partial charge is 0.504 e. The predicted molar refractivity (Wildman–Crippen MR) is 70.1 cm³/mol. The fourth-order valence-electron chi connectivity index (χ4n) is 1.13. The highest BCUT2D eigenvalue weighted by atomic mass is 31.1. The van der Waals surface area contributed by atoms with Crippen molar-refractivity contribution < 1.29 is 28.8 Å². The van der Waals surface area contributed by atoms with Crippen molar-refractivity contribution in [3.63, 3.8) is 0 Å². The SMILES string of the molecule is C=C(C)C(=O)OCCO[PH](=O)c1ccc(O)c(O)c1. The molecular weight excluding hydrogens is 271 g/mol. The lowest BCUT2D eigenvalue weighted by molar-refractivity contribution is -0.139. The Bertz CT molecular complexity index is 511. The smallest absolute Gasteiger partial charge is 0.333 e. The van der Waals surface area contributed by atoms with Crippen LogP contribution in [-0.2, 0) is 18.6 Å². The molecule has 1 aromatic carbocycles. The number of carbonyl (C=O) groups excluding carboxylic acids is 1. The van der Waals surface area contributed by atoms with Gasteiger partial charge in [-0.3, -0.25) is 4.57 Å². The summed E-state index contributed by atoms with van der Waals surface area (Å²) < 4.78 is 21.5. The first kappa shape index (κ1) is 15.3. The third kappa shape index (κ3) is 4.77. The molecule has 0 aliphatic heterocycles. The number of hydrogen-bond donors (Lipinski definition) is 2. The topological polar surface area (TPSA) is 93.1 Å². The van der Waals surface area contributed by atoms with Crippen LogP contribution in [0.15, 0.2) is 30.4 Å². The van der Waals surface area contributed by atoms with Gasteiger partial charge in [0, 0.05) is 10.9 Å². The molecule has 0 aromatic heterocycles. The van der Waals surface area contributed by atoms with Gasteiger partial charge in [-0.05, 0) is 25.1 Å². The van der Waals surface area contributed by atoms with Gasteiger partial charge in [0.1, 0.15) is 6.61 Å². The zero-order valence-electron chi connectivity index (χ0n) is 10.4. The summed E-state index contributed by atoms with van der Waals surface area (Å²) in [5, 5.41) is 18.6. The van der Waals surface area contributed by atoms with E-state index in [0.29, 0.717) is 0 Å². The fraction of sp³-hybridized carbons (Fsp3) is 0.250. The summed E-state index contributed by atoms with van der Waals surface area (Å²) in [7, 11) is -2.56. The Morgan fingerprint density at radius 2 is 2.00 bits per heavy atom. The number of benzene rings is 1. The highest BCUT2D eigenvalue weighted by molar-refractivity contribution is 7.48. The van der Waals surface area contributed by atoms with E-state index in [1.807, 2.05) is 0 Å². The third-order valence-corrected chi connectivity index (χ3v) is 3.36. The summed E-state index contributed by atoms with van der Waals surface area (Å²) in [5.74, 6) is -1.20. The van der Waals surface area contributed by atoms with E-state index >= 15 is 0 Å². The van der Waals surface area contributed by atoms with Gasteiger partial charge in [-0.2, -0.15) is 0 Å². The van der Waals surface area contributed by atoms with Crippen LogP contribution in [0.5, 0.6) is 11.5 Å². The maximum atomic E-state index is 11.7. The van der Waals surface area contributed by atoms with Crippen LogP contribution in [0.1, 0.15) is 6.92 Å². The van der Waals surface area contributed by atoms with E-state index in [2.05, 4.69) is 6.58 Å². The van der Waals surface area contributed by atoms with Crippen LogP contribution in [0.2, 0.25) is 0 Å². The lowest BCUT2D eigenvalue weighted by Crippen LogP contribution is -2.10. The van der Waals surface area contributed by atoms with E-state index < -0.39 is 14.0 Å². The Morgan fingerprint density at radius 3 is 2.58 bits per heavy atom. The molecule has 2 N–H and O–H groups in total. The monoisotopic (exact) mass is 286 g/mol. The molecule has 0 aliphatic carbocycles. The molecule has 1 atom stereocenters. The van der Waals surface area contributed by atoms with E-state index in [0.717, 1.165) is 6.07 Å². The molecule has 6 nitrogen and oxygen atoms in total. The van der Waals surface area contributed by atoms with E-state index in [1.54, 1.807) is 0 Å². The lowest BCUT2D eigenvalue weighted by Gasteiger charge is -2.06. The van der Waals surface area contributed by atoms with Gasteiger partial charge in [0.25, 0.3) is 0 Å². The highest BCUT2D eigenvalue weighted by Gasteiger charge is 2.08. The van der Waals surface area contributed by atoms with E-state index in [4.69, 9.17) is 14.4 Å². The average molecular weight is 286 g/mol. The number of phenols is 2. The van der Waals surface area contributed by atoms with Crippen LogP contribution in [0.3, 0.4) is 0 Å². The summed E-state index contributed by atoms with van der Waals surface area (Å²) in [5.41, 5.74) is 0.274. The Morgan fingerprint density at radius 1 is 1.32 bits per heavy atom. The van der Waals surface area contributed by atoms with Crippen LogP contribution >= 0.6 is 8.03 Å². The van der Waals surface area contributed by atoms with Crippen LogP contribution in [-0.4, -0.2) is 29.4 Å². The molecule has 0 amide bonds. The van der Waals surface area contributed by atoms with Gasteiger partial charge in [-0.15, -0.1) is 0 Å². The van der Waals surface area contributed by atoms with E-state index in [-0.39, 0.29) is 35.6 Å². The molecule has 0 aliphatic rings. The van der Waals surface area contributed by atoms with Crippen LogP contribution in [0.4, 0.5) is 0 Å². The first-order valence-corrected chi connectivity index (χ1v) is 6.75. The summed E-state index contributed by atoms with van der Waals surface area (Å²) in [6.07, 6.45) is 0. The number of hydrogen-bond acceptors (Lipinski definition) is 6. The zero-order valence-corrected chi connectivity index (χ0v) is 11.4. The molecule has 0 spiro atoms. The van der Waals surface area contributed by atoms with E-state index in [1.165, 1.54) is 19.1 Å². The number of rotatable bonds is 6. The zero-order chi connectivity index (χ0) is 14.4. The second-order valence-electron chi connectivity index (χ2n) is 3.76. The molecule has 0 saturated carbocycles. The van der Waals surface area contributed by atoms with Gasteiger partial charge in [0.2, 0.25) is 8.03 Å². The Kier molecular flexibility index (Phi) is 5.60. The number of carbonyl (C=O) groups is 1. The fourth-order valence-corrected chi connectivity index (χ4v) is 2.04. The number of aromatic hydroxyl groups is 2. The second kappa shape index (κ2) is 6.97. The predicted octanol–water partition coefficient (Wildman–Crippen LogP) is 1.33. The number of esters is 1. The van der Waals surface area contributed by atoms with Crippen LogP contribution < -0.4 is 5.30 Å². The minimum atomic E-state index is -2.56. The van der Waals surface area contributed by atoms with Crippen molar-refractivity contribution in [3.8, 4) is 11.5 Å². The first-order valence-electron chi connectivity index (χ1n) is 5.43. The molecule has 104 valence electrons. The van der Waals surface area contributed by atoms with Gasteiger partial charge in [-0.25, -0.2) is 4.79 Å². The molecular formula is C12H15O6P. The lowest BCUT2D eigenvalue weighted by atomic mass is 10.3. The van der Waals surface area contributed by atoms with E-state index in [9.17, 15) is 14.5 Å². The molecule has 1 aromatic rings. The Hall–Kier alpha value is -1.78. The summed E-state index contributed by atoms with van der Waals surface area (Å²) in [6, 6.07) is 3.77. The van der Waals surface area contributed by atoms with Crippen molar-refractivity contribution in [2.24, 2.45) is 0 Å². The first-order chi connectivity index (χ1) is 8.91. The van der Waals surface area contributed by atoms with Crippen LogP contribution in [0.25, 0.3) is 0 Å². The average Bonchev–Trinajstić information content (AvgIpc) is 2.37. The quantitative estimate of drug-likeness (QED) is 0.269. The number of ether oxygens (including phenoxy) is 1. The molecule has 0 saturated heterocycles. The molecule has 0 bridgehead atoms. The van der Waals surface area contributed by atoms with Crippen molar-refractivity contribution >= 4 is 19.3 Å². The minimum Gasteiger partial charge on any atom is -0.504 e. The summed E-state index contributed by atoms with van der Waals surface area (Å²) in [4.78, 5) is 11.0. The minimum absolute atomic E-state index is 0.0293. The third-order valence-electron chi connectivity index (χ3n) is 2.11. The Labute approximate surface area is 111 Å². The van der Waals surface area contributed by atoms with Crippen molar-refractivity contribution in [1.29, 1.82) is 0 Å². The van der Waals surface area contributed by atoms with Crippen molar-refractivity contribution in [2.75, 3.05) is 13.2 Å². The highest BCUT2D eigenvalue weighted by Crippen LogP contribution is 2.28. The maximum Gasteiger partial charge on any atom is 0.333 e. The van der Waals surface area contributed by atoms with Gasteiger partial charge < -0.3 is 19.5 Å². The van der Waals surface area contributed by atoms with Crippen molar-refractivity contribution in [3.05, 3.63) is 30.4 Å². The van der Waals surface area contributed by atoms with Gasteiger partial charge >= 0.3 is 5.97 Å². The maximum absolute atomic E-state index is 11.7. The molecule has 19 heavy (non-hydrogen) atoms. The summed E-state index contributed by atoms with van der Waals surface area (Å²) in [6.45, 7) is 4.87. The molecule has 1 unspecified atom stereocenters. The standard InChI is InChI=1S/C12H15O6P/c1-8(2)12(15)17-5-6-18-19(16)9-3-4-10(13)11(14)7-9/h3-4,7,13-14,19H,1,5-6H2,2H3. The molecule has 7 heteroatoms. The van der Waals surface area contributed by atoms with Gasteiger partial charge in [-0.1, -0.05) is 6.58 Å². The Balaban J connectivity index is 2.41. The van der Waals surface area contributed by atoms with Crippen molar-refractivity contribution in [2.45, 2.75) is 6.92 Å². The molecule has 1 rings (SSSR count). The normalized spacial score (nSPS) is 11.8. The molecule has 0 radical (unpaired) electrons. The van der Waals surface area contributed by atoms with Crippen LogP contribution in [0, 0.1) is 0 Å². The summed E-state index contributed by atoms with van der Waals surface area (Å²) >= 11 is 0. The molecule has 0 fully saturated rings. The van der Waals surface area contributed by atoms with Gasteiger partial charge in [0.05, 0.1) is 6.61 Å². The van der Waals surface area contributed by atoms with Crippen molar-refractivity contribution in [1.82, 2.24) is 0 Å².